The van der Waals surface area contributed by atoms with Crippen LogP contribution in [0.3, 0.4) is 0 Å². The minimum absolute atomic E-state index is 0.00502. The zero-order valence-electron chi connectivity index (χ0n) is 10.7. The molecule has 4 heteroatoms. The number of benzene rings is 1. The predicted octanol–water partition coefficient (Wildman–Crippen LogP) is 3.02. The summed E-state index contributed by atoms with van der Waals surface area (Å²) in [5.41, 5.74) is 1.78. The monoisotopic (exact) mass is 259 g/mol. The maximum atomic E-state index is 10.8. The first kappa shape index (κ1) is 12.2. The third kappa shape index (κ3) is 2.63. The van der Waals surface area contributed by atoms with Gasteiger partial charge in [0.25, 0.3) is 0 Å². The SMILES string of the molecule is O=C(O)c1cc2cc(CNCC3CCC3)ccc2o1. The minimum atomic E-state index is -1.03. The Labute approximate surface area is 111 Å². The van der Waals surface area contributed by atoms with Crippen LogP contribution in [-0.2, 0) is 6.54 Å². The van der Waals surface area contributed by atoms with Crippen LogP contribution in [0.2, 0.25) is 0 Å². The Hall–Kier alpha value is -1.81. The van der Waals surface area contributed by atoms with Gasteiger partial charge in [0.15, 0.2) is 0 Å². The Morgan fingerprint density at radius 2 is 2.21 bits per heavy atom. The lowest BCUT2D eigenvalue weighted by Gasteiger charge is -2.25. The van der Waals surface area contributed by atoms with E-state index in [1.807, 2.05) is 18.2 Å². The highest BCUT2D eigenvalue weighted by atomic mass is 16.4. The summed E-state index contributed by atoms with van der Waals surface area (Å²) in [5, 5.41) is 13.2. The van der Waals surface area contributed by atoms with Crippen LogP contribution in [0.4, 0.5) is 0 Å². The molecule has 0 spiro atoms. The minimum Gasteiger partial charge on any atom is -0.475 e. The van der Waals surface area contributed by atoms with Gasteiger partial charge in [0.05, 0.1) is 0 Å². The van der Waals surface area contributed by atoms with E-state index in [1.54, 1.807) is 6.07 Å². The number of hydrogen-bond donors (Lipinski definition) is 2. The Bertz CT molecular complexity index is 598. The highest BCUT2D eigenvalue weighted by molar-refractivity contribution is 5.91. The molecule has 1 aliphatic rings. The maximum absolute atomic E-state index is 10.8. The molecule has 0 bridgehead atoms. The fourth-order valence-electron chi connectivity index (χ4n) is 2.43. The first-order valence-electron chi connectivity index (χ1n) is 6.69. The van der Waals surface area contributed by atoms with Crippen molar-refractivity contribution in [3.8, 4) is 0 Å². The van der Waals surface area contributed by atoms with E-state index in [-0.39, 0.29) is 5.76 Å². The molecule has 1 saturated carbocycles. The van der Waals surface area contributed by atoms with Crippen molar-refractivity contribution < 1.29 is 14.3 Å². The molecule has 2 N–H and O–H groups in total. The van der Waals surface area contributed by atoms with E-state index in [0.29, 0.717) is 5.58 Å². The van der Waals surface area contributed by atoms with Gasteiger partial charge in [-0.3, -0.25) is 0 Å². The van der Waals surface area contributed by atoms with Gasteiger partial charge in [0.2, 0.25) is 5.76 Å². The molecule has 0 saturated heterocycles. The van der Waals surface area contributed by atoms with Gasteiger partial charge in [0, 0.05) is 11.9 Å². The second-order valence-corrected chi connectivity index (χ2v) is 5.22. The zero-order valence-corrected chi connectivity index (χ0v) is 10.7. The molecule has 1 fully saturated rings. The summed E-state index contributed by atoms with van der Waals surface area (Å²) in [6.45, 7) is 1.89. The van der Waals surface area contributed by atoms with E-state index >= 15 is 0 Å². The normalized spacial score (nSPS) is 15.6. The first-order chi connectivity index (χ1) is 9.22. The molecule has 1 aromatic heterocycles. The van der Waals surface area contributed by atoms with Crippen molar-refractivity contribution >= 4 is 16.9 Å². The molecular formula is C15H17NO3. The van der Waals surface area contributed by atoms with Crippen LogP contribution >= 0.6 is 0 Å². The van der Waals surface area contributed by atoms with Crippen molar-refractivity contribution in [2.24, 2.45) is 5.92 Å². The molecule has 1 heterocycles. The quantitative estimate of drug-likeness (QED) is 0.866. The third-order valence-corrected chi connectivity index (χ3v) is 3.78. The lowest BCUT2D eigenvalue weighted by molar-refractivity contribution is 0.0665. The van der Waals surface area contributed by atoms with Gasteiger partial charge >= 0.3 is 5.97 Å². The van der Waals surface area contributed by atoms with Gasteiger partial charge in [-0.1, -0.05) is 12.5 Å². The summed E-state index contributed by atoms with van der Waals surface area (Å²) >= 11 is 0. The fourth-order valence-corrected chi connectivity index (χ4v) is 2.43. The van der Waals surface area contributed by atoms with E-state index in [0.717, 1.165) is 30.0 Å². The van der Waals surface area contributed by atoms with E-state index in [1.165, 1.54) is 19.3 Å². The highest BCUT2D eigenvalue weighted by Gasteiger charge is 2.16. The van der Waals surface area contributed by atoms with Crippen molar-refractivity contribution in [2.75, 3.05) is 6.54 Å². The van der Waals surface area contributed by atoms with Crippen molar-refractivity contribution in [3.05, 3.63) is 35.6 Å². The molecule has 0 amide bonds. The molecule has 0 aliphatic heterocycles. The predicted molar refractivity (Wildman–Crippen MR) is 72.2 cm³/mol. The largest absolute Gasteiger partial charge is 0.475 e. The van der Waals surface area contributed by atoms with Gasteiger partial charge in [-0.05, 0) is 49.1 Å². The third-order valence-electron chi connectivity index (χ3n) is 3.78. The van der Waals surface area contributed by atoms with Crippen molar-refractivity contribution in [3.63, 3.8) is 0 Å². The molecule has 100 valence electrons. The second kappa shape index (κ2) is 5.05. The molecule has 1 aliphatic carbocycles. The van der Waals surface area contributed by atoms with Crippen LogP contribution < -0.4 is 5.32 Å². The topological polar surface area (TPSA) is 62.5 Å². The summed E-state index contributed by atoms with van der Waals surface area (Å²) in [5.74, 6) is -0.188. The van der Waals surface area contributed by atoms with Gasteiger partial charge < -0.3 is 14.8 Å². The lowest BCUT2D eigenvalue weighted by atomic mass is 9.85. The summed E-state index contributed by atoms with van der Waals surface area (Å²) in [6, 6.07) is 7.37. The van der Waals surface area contributed by atoms with Crippen LogP contribution in [-0.4, -0.2) is 17.6 Å². The lowest BCUT2D eigenvalue weighted by Crippen LogP contribution is -2.26. The van der Waals surface area contributed by atoms with E-state index in [4.69, 9.17) is 9.52 Å². The molecule has 0 radical (unpaired) electrons. The molecule has 1 aromatic carbocycles. The van der Waals surface area contributed by atoms with Crippen LogP contribution in [0.15, 0.2) is 28.7 Å². The van der Waals surface area contributed by atoms with E-state index in [9.17, 15) is 4.79 Å². The van der Waals surface area contributed by atoms with Crippen molar-refractivity contribution in [1.82, 2.24) is 5.32 Å². The molecule has 19 heavy (non-hydrogen) atoms. The zero-order chi connectivity index (χ0) is 13.2. The molecule has 0 unspecified atom stereocenters. The van der Waals surface area contributed by atoms with E-state index in [2.05, 4.69) is 5.32 Å². The number of aromatic carboxylic acids is 1. The van der Waals surface area contributed by atoms with Crippen molar-refractivity contribution in [2.45, 2.75) is 25.8 Å². The number of carbonyl (C=O) groups is 1. The molecule has 2 aromatic rings. The summed E-state index contributed by atoms with van der Waals surface area (Å²) in [4.78, 5) is 10.8. The molecule has 3 rings (SSSR count). The van der Waals surface area contributed by atoms with Gasteiger partial charge in [-0.15, -0.1) is 0 Å². The summed E-state index contributed by atoms with van der Waals surface area (Å²) < 4.78 is 5.23. The number of rotatable bonds is 5. The molecule has 4 nitrogen and oxygen atoms in total. The molecular weight excluding hydrogens is 242 g/mol. The number of carboxylic acids is 1. The van der Waals surface area contributed by atoms with Gasteiger partial charge in [0.1, 0.15) is 5.58 Å². The van der Waals surface area contributed by atoms with Crippen LogP contribution in [0, 0.1) is 5.92 Å². The van der Waals surface area contributed by atoms with Crippen LogP contribution in [0.5, 0.6) is 0 Å². The summed E-state index contributed by atoms with van der Waals surface area (Å²) in [7, 11) is 0. The number of furan rings is 1. The smallest absolute Gasteiger partial charge is 0.371 e. The summed E-state index contributed by atoms with van der Waals surface area (Å²) in [6.07, 6.45) is 4.05. The second-order valence-electron chi connectivity index (χ2n) is 5.22. The first-order valence-corrected chi connectivity index (χ1v) is 6.69. The standard InChI is InChI=1S/C15H17NO3/c17-15(18)14-7-12-6-11(4-5-13(12)19-14)9-16-8-10-2-1-3-10/h4-7,10,16H,1-3,8-9H2,(H,17,18). The maximum Gasteiger partial charge on any atom is 0.371 e. The van der Waals surface area contributed by atoms with Crippen LogP contribution in [0.25, 0.3) is 11.0 Å². The van der Waals surface area contributed by atoms with Crippen LogP contribution in [0.1, 0.15) is 35.4 Å². The number of fused-ring (bicyclic) bond motifs is 1. The van der Waals surface area contributed by atoms with Gasteiger partial charge in [-0.25, -0.2) is 4.79 Å². The molecule has 0 atom stereocenters. The average Bonchev–Trinajstić information content (AvgIpc) is 2.75. The Balaban J connectivity index is 1.67. The number of nitrogens with one attached hydrogen (secondary N) is 1. The number of carboxylic acid groups (broad SMARTS) is 1. The average molecular weight is 259 g/mol. The highest BCUT2D eigenvalue weighted by Crippen LogP contribution is 2.25. The fraction of sp³-hybridized carbons (Fsp3) is 0.400. The van der Waals surface area contributed by atoms with E-state index < -0.39 is 5.97 Å². The Morgan fingerprint density at radius 1 is 1.37 bits per heavy atom. The Kier molecular flexibility index (Phi) is 3.25. The van der Waals surface area contributed by atoms with Gasteiger partial charge in [-0.2, -0.15) is 0 Å². The van der Waals surface area contributed by atoms with Crippen molar-refractivity contribution in [1.29, 1.82) is 0 Å². The number of hydrogen-bond acceptors (Lipinski definition) is 3. The Morgan fingerprint density at radius 3 is 2.89 bits per heavy atom.